The number of nitrogens with zero attached hydrogens (tertiary/aromatic N) is 8. The molecular weight excluding hydrogens is 480 g/mol. The molecule has 5 aromatic rings. The molecule has 0 spiro atoms. The number of likely N-dealkylation sites (tertiary alicyclic amines) is 1. The van der Waals surface area contributed by atoms with E-state index in [9.17, 15) is 0 Å². The number of piperidine rings is 1. The average Bonchev–Trinajstić information content (AvgIpc) is 3.60. The molecule has 194 valence electrons. The van der Waals surface area contributed by atoms with Gasteiger partial charge in [-0.15, -0.1) is 0 Å². The molecule has 0 atom stereocenters. The highest BCUT2D eigenvalue weighted by Gasteiger charge is 2.20. The first-order valence-electron chi connectivity index (χ1n) is 12.7. The Morgan fingerprint density at radius 2 is 1.82 bits per heavy atom. The lowest BCUT2D eigenvalue weighted by Crippen LogP contribution is -2.31. The molecule has 0 radical (unpaired) electrons. The van der Waals surface area contributed by atoms with Gasteiger partial charge in [-0.1, -0.05) is 18.6 Å². The van der Waals surface area contributed by atoms with Gasteiger partial charge in [0.25, 0.3) is 0 Å². The van der Waals surface area contributed by atoms with Gasteiger partial charge in [-0.05, 0) is 44.1 Å². The number of ether oxygens (including phenoxy) is 1. The summed E-state index contributed by atoms with van der Waals surface area (Å²) in [6.45, 7) is 3.58. The number of fused-ring (bicyclic) bond motifs is 2. The molecule has 6 rings (SSSR count). The molecule has 1 aromatic carbocycles. The molecular formula is C28H30N8O2. The summed E-state index contributed by atoms with van der Waals surface area (Å²) in [5, 5.41) is 22.9. The number of hydrogen-bond acceptors (Lipinski definition) is 8. The highest BCUT2D eigenvalue weighted by atomic mass is 16.5. The number of methoxy groups -OCH3 is 1. The van der Waals surface area contributed by atoms with Gasteiger partial charge in [-0.3, -0.25) is 9.08 Å². The first kappa shape index (κ1) is 25.3. The van der Waals surface area contributed by atoms with E-state index in [1.54, 1.807) is 46.9 Å². The number of aliphatic hydroxyl groups is 1. The number of imidazole rings is 1. The van der Waals surface area contributed by atoms with Gasteiger partial charge in [0.1, 0.15) is 0 Å². The Kier molecular flexibility index (Phi) is 7.58. The highest BCUT2D eigenvalue weighted by molar-refractivity contribution is 5.93. The molecule has 1 saturated heterocycles. The minimum absolute atomic E-state index is 0.319. The first-order valence-corrected chi connectivity index (χ1v) is 12.7. The largest absolute Gasteiger partial charge is 0.468 e. The molecule has 10 heteroatoms. The number of rotatable bonds is 5. The molecule has 0 bridgehead atoms. The third kappa shape index (κ3) is 5.07. The number of benzene rings is 1. The van der Waals surface area contributed by atoms with Crippen LogP contribution in [0.25, 0.3) is 39.1 Å². The van der Waals surface area contributed by atoms with Crippen LogP contribution in [0.3, 0.4) is 0 Å². The molecule has 0 amide bonds. The smallest absolute Gasteiger partial charge is 0.302 e. The summed E-state index contributed by atoms with van der Waals surface area (Å²) in [6.07, 6.45) is 11.1. The van der Waals surface area contributed by atoms with Crippen molar-refractivity contribution in [2.24, 2.45) is 7.05 Å². The molecule has 5 heterocycles. The van der Waals surface area contributed by atoms with Crippen LogP contribution in [-0.2, 0) is 7.05 Å². The molecule has 0 unspecified atom stereocenters. The van der Waals surface area contributed by atoms with Crippen LogP contribution in [-0.4, -0.2) is 72.5 Å². The molecule has 1 aliphatic heterocycles. The molecule has 38 heavy (non-hydrogen) atoms. The highest BCUT2D eigenvalue weighted by Crippen LogP contribution is 2.36. The number of nitriles is 1. The van der Waals surface area contributed by atoms with Gasteiger partial charge in [-0.2, -0.15) is 15.3 Å². The van der Waals surface area contributed by atoms with Crippen LogP contribution < -0.4 is 4.74 Å². The molecule has 0 saturated carbocycles. The topological polar surface area (TPSA) is 117 Å². The van der Waals surface area contributed by atoms with E-state index in [-0.39, 0.29) is 0 Å². The lowest BCUT2D eigenvalue weighted by molar-refractivity contribution is 0.173. The third-order valence-corrected chi connectivity index (χ3v) is 6.71. The van der Waals surface area contributed by atoms with Gasteiger partial charge < -0.3 is 14.7 Å². The minimum atomic E-state index is 0.319. The summed E-state index contributed by atoms with van der Waals surface area (Å²) < 4.78 is 9.02. The van der Waals surface area contributed by atoms with E-state index < -0.39 is 0 Å². The van der Waals surface area contributed by atoms with Crippen LogP contribution in [0.4, 0.5) is 0 Å². The van der Waals surface area contributed by atoms with Crippen molar-refractivity contribution in [1.82, 2.24) is 34.0 Å². The fourth-order valence-electron chi connectivity index (χ4n) is 4.78. The van der Waals surface area contributed by atoms with E-state index in [1.165, 1.54) is 32.4 Å². The molecule has 1 fully saturated rings. The quantitative estimate of drug-likeness (QED) is 0.380. The zero-order valence-corrected chi connectivity index (χ0v) is 21.6. The van der Waals surface area contributed by atoms with Crippen LogP contribution in [0, 0.1) is 11.3 Å². The van der Waals surface area contributed by atoms with E-state index in [1.807, 2.05) is 31.4 Å². The van der Waals surface area contributed by atoms with Gasteiger partial charge in [0, 0.05) is 48.7 Å². The van der Waals surface area contributed by atoms with Crippen LogP contribution in [0.15, 0.2) is 55.1 Å². The van der Waals surface area contributed by atoms with Crippen molar-refractivity contribution in [3.8, 4) is 34.5 Å². The monoisotopic (exact) mass is 510 g/mol. The minimum Gasteiger partial charge on any atom is -0.468 e. The van der Waals surface area contributed by atoms with Crippen LogP contribution in [0.1, 0.15) is 24.8 Å². The summed E-state index contributed by atoms with van der Waals surface area (Å²) in [4.78, 5) is 16.2. The summed E-state index contributed by atoms with van der Waals surface area (Å²) in [7, 11) is 3.44. The Morgan fingerprint density at radius 1 is 1.03 bits per heavy atom. The van der Waals surface area contributed by atoms with Gasteiger partial charge >= 0.3 is 6.01 Å². The second-order valence-electron chi connectivity index (χ2n) is 9.16. The fourth-order valence-corrected chi connectivity index (χ4v) is 4.78. The second kappa shape index (κ2) is 11.4. The molecule has 1 aliphatic rings. The third-order valence-electron chi connectivity index (χ3n) is 6.71. The van der Waals surface area contributed by atoms with E-state index in [0.717, 1.165) is 34.3 Å². The molecule has 0 aliphatic carbocycles. The second-order valence-corrected chi connectivity index (χ2v) is 9.16. The molecule has 10 nitrogen and oxygen atoms in total. The predicted molar refractivity (Wildman–Crippen MR) is 145 cm³/mol. The van der Waals surface area contributed by atoms with E-state index in [4.69, 9.17) is 20.1 Å². The van der Waals surface area contributed by atoms with Crippen molar-refractivity contribution >= 4 is 16.7 Å². The van der Waals surface area contributed by atoms with Crippen LogP contribution >= 0.6 is 0 Å². The molecule has 4 aromatic heterocycles. The van der Waals surface area contributed by atoms with E-state index in [2.05, 4.69) is 26.0 Å². The zero-order valence-electron chi connectivity index (χ0n) is 21.6. The lowest BCUT2D eigenvalue weighted by atomic mass is 10.00. The number of β-amino-alcohol motifs (C(OH)–C–C–N with tert-alkyl or cyclic N) is 1. The lowest BCUT2D eigenvalue weighted by Gasteiger charge is -2.25. The van der Waals surface area contributed by atoms with Crippen molar-refractivity contribution in [2.75, 3.05) is 33.4 Å². The summed E-state index contributed by atoms with van der Waals surface area (Å²) >= 11 is 0. The number of hydrogen-bond donors (Lipinski definition) is 1. The summed E-state index contributed by atoms with van der Waals surface area (Å²) in [5.41, 5.74) is 5.36. The van der Waals surface area contributed by atoms with Crippen molar-refractivity contribution in [2.45, 2.75) is 19.3 Å². The Bertz CT molecular complexity index is 1570. The normalized spacial score (nSPS) is 13.7. The SMILES string of the molecule is COc1nc(-c2ccc(C#N)cc2)c(-c2cnc3c(cnn3C)c2)c2nccn12.OCCN1CCCCC1. The summed E-state index contributed by atoms with van der Waals surface area (Å²) in [5.74, 6) is 0. The van der Waals surface area contributed by atoms with E-state index in [0.29, 0.717) is 29.5 Å². The standard InChI is InChI=1S/C21H15N7O.C7H15NO/c1-27-19-16(12-25-27)9-15(11-24-19)17-18(14-5-3-13(10-22)4-6-14)26-21(29-2)28-8-7-23-20(17)28;9-7-6-8-4-2-1-3-5-8/h3-9,11-12H,1-2H3;9H,1-7H2. The maximum atomic E-state index is 9.11. The Balaban J connectivity index is 0.000000278. The maximum absolute atomic E-state index is 9.11. The van der Waals surface area contributed by atoms with Crippen molar-refractivity contribution < 1.29 is 9.84 Å². The van der Waals surface area contributed by atoms with Crippen molar-refractivity contribution in [1.29, 1.82) is 5.26 Å². The fraction of sp³-hybridized carbons (Fsp3) is 0.321. The number of aromatic nitrogens is 6. The van der Waals surface area contributed by atoms with Gasteiger partial charge in [0.05, 0.1) is 42.8 Å². The van der Waals surface area contributed by atoms with Gasteiger partial charge in [0.15, 0.2) is 11.3 Å². The number of aryl methyl sites for hydroxylation is 1. The van der Waals surface area contributed by atoms with Crippen molar-refractivity contribution in [3.05, 3.63) is 60.7 Å². The molecule has 1 N–H and O–H groups in total. The Morgan fingerprint density at radius 3 is 2.53 bits per heavy atom. The Hall–Kier alpha value is -4.33. The van der Waals surface area contributed by atoms with Crippen LogP contribution in [0.5, 0.6) is 6.01 Å². The van der Waals surface area contributed by atoms with Gasteiger partial charge in [0.2, 0.25) is 0 Å². The van der Waals surface area contributed by atoms with Gasteiger partial charge in [-0.25, -0.2) is 9.97 Å². The van der Waals surface area contributed by atoms with Crippen LogP contribution in [0.2, 0.25) is 0 Å². The number of aliphatic hydroxyl groups excluding tert-OH is 1. The average molecular weight is 511 g/mol. The maximum Gasteiger partial charge on any atom is 0.302 e. The zero-order chi connectivity index (χ0) is 26.5. The number of pyridine rings is 1. The van der Waals surface area contributed by atoms with Crippen molar-refractivity contribution in [3.63, 3.8) is 0 Å². The van der Waals surface area contributed by atoms with E-state index >= 15 is 0 Å². The summed E-state index contributed by atoms with van der Waals surface area (Å²) in [6, 6.07) is 11.9. The Labute approximate surface area is 220 Å². The predicted octanol–water partition coefficient (Wildman–Crippen LogP) is 3.69. The first-order chi connectivity index (χ1) is 18.6.